The maximum atomic E-state index is 7.36. The van der Waals surface area contributed by atoms with Crippen LogP contribution in [0.25, 0.3) is 0 Å². The molecule has 11 atom stereocenters. The van der Waals surface area contributed by atoms with Crippen LogP contribution in [0, 0.1) is 0 Å². The van der Waals surface area contributed by atoms with Gasteiger partial charge < -0.3 is 52.1 Å². The molecule has 0 N–H and O–H groups in total. The van der Waals surface area contributed by atoms with Crippen LogP contribution in [0.5, 0.6) is 0 Å². The van der Waals surface area contributed by atoms with Crippen molar-refractivity contribution in [3.05, 3.63) is 215 Å². The Labute approximate surface area is 387 Å². The average molecular weight is 895 g/mol. The van der Waals surface area contributed by atoms with E-state index in [1.165, 1.54) is 0 Å². The summed E-state index contributed by atoms with van der Waals surface area (Å²) < 4.78 is 74.6. The Bertz CT molecular complexity index is 2280. The third-order valence-electron chi connectivity index (χ3n) is 12.0. The summed E-state index contributed by atoms with van der Waals surface area (Å²) in [6, 6.07) is 60.0. The summed E-state index contributed by atoms with van der Waals surface area (Å²) in [6.45, 7) is 1.80. The monoisotopic (exact) mass is 894 g/mol. The van der Waals surface area contributed by atoms with Crippen LogP contribution in [0.1, 0.15) is 39.7 Å². The van der Waals surface area contributed by atoms with Crippen LogP contribution >= 0.6 is 0 Å². The first-order valence-electron chi connectivity index (χ1n) is 22.7. The van der Waals surface area contributed by atoms with Crippen LogP contribution in [0.15, 0.2) is 182 Å². The maximum absolute atomic E-state index is 7.36. The number of hydrogen-bond acceptors (Lipinski definition) is 11. The van der Waals surface area contributed by atoms with Gasteiger partial charge >= 0.3 is 0 Å². The molecule has 0 spiro atoms. The molecule has 9 rings (SSSR count). The van der Waals surface area contributed by atoms with Gasteiger partial charge in [-0.25, -0.2) is 0 Å². The molecular formula is C55H58O11. The maximum Gasteiger partial charge on any atom is 0.187 e. The van der Waals surface area contributed by atoms with E-state index >= 15 is 0 Å². The first-order chi connectivity index (χ1) is 32.7. The molecule has 344 valence electrons. The fourth-order valence-electron chi connectivity index (χ4n) is 8.62. The predicted octanol–water partition coefficient (Wildman–Crippen LogP) is 9.14. The molecule has 3 saturated heterocycles. The fraction of sp³-hybridized carbons (Fsp3) is 0.345. The summed E-state index contributed by atoms with van der Waals surface area (Å²) in [5.74, 6) is 0. The van der Waals surface area contributed by atoms with E-state index in [-0.39, 0.29) is 33.0 Å². The molecule has 11 nitrogen and oxygen atoms in total. The molecular weight excluding hydrogens is 837 g/mol. The summed E-state index contributed by atoms with van der Waals surface area (Å²) >= 11 is 0. The van der Waals surface area contributed by atoms with Crippen molar-refractivity contribution < 1.29 is 52.1 Å². The Hall–Kier alpha value is -5.12. The highest BCUT2D eigenvalue weighted by Crippen LogP contribution is 2.40. The van der Waals surface area contributed by atoms with E-state index in [1.807, 2.05) is 182 Å². The van der Waals surface area contributed by atoms with Crippen LogP contribution < -0.4 is 0 Å². The molecule has 0 amide bonds. The Morgan fingerprint density at radius 2 is 0.848 bits per heavy atom. The van der Waals surface area contributed by atoms with Crippen LogP contribution in [0.4, 0.5) is 0 Å². The molecule has 3 heterocycles. The number of benzene rings is 6. The minimum atomic E-state index is -1.03. The molecule has 6 aromatic carbocycles. The van der Waals surface area contributed by atoms with Crippen molar-refractivity contribution in [3.8, 4) is 0 Å². The zero-order valence-electron chi connectivity index (χ0n) is 37.1. The molecule has 0 saturated carbocycles. The molecule has 0 aromatic heterocycles. The van der Waals surface area contributed by atoms with Crippen LogP contribution in [0.3, 0.4) is 0 Å². The van der Waals surface area contributed by atoms with Gasteiger partial charge in [0.2, 0.25) is 0 Å². The number of methoxy groups -OCH3 is 1. The summed E-state index contributed by atoms with van der Waals surface area (Å²) in [4.78, 5) is 0. The van der Waals surface area contributed by atoms with Gasteiger partial charge in [-0.1, -0.05) is 182 Å². The molecule has 3 fully saturated rings. The highest BCUT2D eigenvalue weighted by molar-refractivity contribution is 5.19. The van der Waals surface area contributed by atoms with Crippen molar-refractivity contribution in [1.82, 2.24) is 0 Å². The van der Waals surface area contributed by atoms with Gasteiger partial charge in [0.15, 0.2) is 18.9 Å². The lowest BCUT2D eigenvalue weighted by molar-refractivity contribution is -0.397. The van der Waals surface area contributed by atoms with Gasteiger partial charge in [0, 0.05) is 12.7 Å². The highest BCUT2D eigenvalue weighted by atomic mass is 16.8. The molecule has 3 aliphatic heterocycles. The lowest BCUT2D eigenvalue weighted by Gasteiger charge is -2.51. The molecule has 0 aliphatic carbocycles. The average Bonchev–Trinajstić information content (AvgIpc) is 3.38. The van der Waals surface area contributed by atoms with Crippen LogP contribution in [0.2, 0.25) is 0 Å². The van der Waals surface area contributed by atoms with Crippen molar-refractivity contribution in [2.75, 3.05) is 20.3 Å². The summed E-state index contributed by atoms with van der Waals surface area (Å²) in [7, 11) is 1.61. The number of ether oxygens (including phenoxy) is 11. The van der Waals surface area contributed by atoms with Crippen LogP contribution in [-0.4, -0.2) is 81.7 Å². The van der Waals surface area contributed by atoms with Gasteiger partial charge in [-0.15, -0.1) is 0 Å². The second-order valence-corrected chi connectivity index (χ2v) is 16.6. The van der Waals surface area contributed by atoms with Crippen molar-refractivity contribution in [2.24, 2.45) is 0 Å². The standard InChI is InChI=1S/C55H58O11/c1-56-54-51(60-35-42-26-14-5-15-27-42)49(58-33-40-22-10-3-11-23-40)47(45(63-54)37-57-32-39-20-8-2-9-21-39)66-55-52(61-36-43-28-16-6-17-29-43)50(59-34-41-24-12-4-13-25-41)48-46(64-55)38-62-53(65-48)44-30-18-7-19-31-44/h2-31,45-55H,32-38H2,1H3/t45-,46-,47+,48-,49+,50+,51-,52-,53-,54+,55+/m1/s1. The van der Waals surface area contributed by atoms with Crippen LogP contribution in [-0.2, 0) is 85.1 Å². The van der Waals surface area contributed by atoms with E-state index in [4.69, 9.17) is 52.1 Å². The molecule has 66 heavy (non-hydrogen) atoms. The molecule has 6 aromatic rings. The fourth-order valence-corrected chi connectivity index (χ4v) is 8.62. The number of rotatable bonds is 20. The lowest BCUT2D eigenvalue weighted by atomic mass is 9.95. The van der Waals surface area contributed by atoms with Gasteiger partial charge in [0.05, 0.1) is 46.2 Å². The highest BCUT2D eigenvalue weighted by Gasteiger charge is 2.56. The van der Waals surface area contributed by atoms with E-state index in [0.29, 0.717) is 13.2 Å². The summed E-state index contributed by atoms with van der Waals surface area (Å²) in [5.41, 5.74) is 5.86. The minimum Gasteiger partial charge on any atom is -0.374 e. The van der Waals surface area contributed by atoms with Crippen molar-refractivity contribution in [2.45, 2.75) is 101 Å². The summed E-state index contributed by atoms with van der Waals surface area (Å²) in [6.07, 6.45) is -8.22. The quantitative estimate of drug-likeness (QED) is 0.0734. The first kappa shape index (κ1) is 46.0. The molecule has 11 heteroatoms. The predicted molar refractivity (Wildman–Crippen MR) is 245 cm³/mol. The Kier molecular flexibility index (Phi) is 16.4. The van der Waals surface area contributed by atoms with E-state index in [0.717, 1.165) is 33.4 Å². The van der Waals surface area contributed by atoms with E-state index in [9.17, 15) is 0 Å². The van der Waals surface area contributed by atoms with Gasteiger partial charge in [-0.2, -0.15) is 0 Å². The van der Waals surface area contributed by atoms with Crippen molar-refractivity contribution in [3.63, 3.8) is 0 Å². The SMILES string of the molecule is CO[C@H]1O[C@H](COCc2ccccc2)[C@H](O[C@@H]2O[C@@H]3CO[C@@H](c4ccccc4)O[C@H]3[C@H](OCc3ccccc3)[C@H]2OCc2ccccc2)[C@H](OCc2ccccc2)[C@H]1OCc1ccccc1. The molecule has 0 radical (unpaired) electrons. The first-order valence-corrected chi connectivity index (χ1v) is 22.7. The molecule has 0 bridgehead atoms. The number of fused-ring (bicyclic) bond motifs is 1. The van der Waals surface area contributed by atoms with E-state index < -0.39 is 67.7 Å². The topological polar surface area (TPSA) is 102 Å². The molecule has 0 unspecified atom stereocenters. The smallest absolute Gasteiger partial charge is 0.187 e. The Morgan fingerprint density at radius 3 is 1.33 bits per heavy atom. The second kappa shape index (κ2) is 23.6. The zero-order valence-corrected chi connectivity index (χ0v) is 37.1. The third-order valence-corrected chi connectivity index (χ3v) is 12.0. The normalized spacial score (nSPS) is 27.5. The summed E-state index contributed by atoms with van der Waals surface area (Å²) in [5, 5.41) is 0. The second-order valence-electron chi connectivity index (χ2n) is 16.6. The largest absolute Gasteiger partial charge is 0.374 e. The van der Waals surface area contributed by atoms with Crippen molar-refractivity contribution >= 4 is 0 Å². The van der Waals surface area contributed by atoms with E-state index in [2.05, 4.69) is 0 Å². The zero-order chi connectivity index (χ0) is 44.8. The number of hydrogen-bond donors (Lipinski definition) is 0. The minimum absolute atomic E-state index is 0.142. The Balaban J connectivity index is 1.08. The van der Waals surface area contributed by atoms with Gasteiger partial charge in [-0.3, -0.25) is 0 Å². The lowest BCUT2D eigenvalue weighted by Crippen LogP contribution is -2.67. The van der Waals surface area contributed by atoms with Gasteiger partial charge in [0.1, 0.15) is 48.8 Å². The Morgan fingerprint density at radius 1 is 0.424 bits per heavy atom. The van der Waals surface area contributed by atoms with Gasteiger partial charge in [-0.05, 0) is 27.8 Å². The van der Waals surface area contributed by atoms with Crippen molar-refractivity contribution in [1.29, 1.82) is 0 Å². The molecule has 3 aliphatic rings. The third kappa shape index (κ3) is 12.1. The van der Waals surface area contributed by atoms with Gasteiger partial charge in [0.25, 0.3) is 0 Å². The van der Waals surface area contributed by atoms with E-state index in [1.54, 1.807) is 7.11 Å².